The Labute approximate surface area is 143 Å². The van der Waals surface area contributed by atoms with E-state index in [1.165, 1.54) is 0 Å². The van der Waals surface area contributed by atoms with Crippen molar-refractivity contribution < 1.29 is 33.3 Å². The molecule has 0 aliphatic carbocycles. The van der Waals surface area contributed by atoms with E-state index in [1.54, 1.807) is 0 Å². The number of carbonyl (C=O) groups excluding carboxylic acids is 3. The van der Waals surface area contributed by atoms with Gasteiger partial charge < -0.3 is 18.9 Å². The molecule has 1 heterocycles. The van der Waals surface area contributed by atoms with E-state index in [-0.39, 0.29) is 44.4 Å². The maximum atomic E-state index is 11.9. The lowest BCUT2D eigenvalue weighted by atomic mass is 10.1. The summed E-state index contributed by atoms with van der Waals surface area (Å²) in [5, 5.41) is 0. The molecule has 24 heavy (non-hydrogen) atoms. The van der Waals surface area contributed by atoms with E-state index in [2.05, 4.69) is 0 Å². The monoisotopic (exact) mass is 344 g/mol. The Balaban J connectivity index is 2.80. The fraction of sp³-hybridized carbons (Fsp3) is 0.824. The summed E-state index contributed by atoms with van der Waals surface area (Å²) in [6, 6.07) is 0. The van der Waals surface area contributed by atoms with Gasteiger partial charge in [-0.25, -0.2) is 0 Å². The summed E-state index contributed by atoms with van der Waals surface area (Å²) in [6.07, 6.45) is 0.378. The van der Waals surface area contributed by atoms with Crippen LogP contribution in [0.4, 0.5) is 0 Å². The highest BCUT2D eigenvalue weighted by Gasteiger charge is 2.41. The highest BCUT2D eigenvalue weighted by Crippen LogP contribution is 2.21. The summed E-state index contributed by atoms with van der Waals surface area (Å²) in [5.41, 5.74) is 0. The molecule has 0 aromatic rings. The summed E-state index contributed by atoms with van der Waals surface area (Å²) in [5.74, 6) is -1.18. The van der Waals surface area contributed by atoms with Gasteiger partial charge in [0.15, 0.2) is 18.3 Å². The first kappa shape index (κ1) is 20.4. The van der Waals surface area contributed by atoms with E-state index in [4.69, 9.17) is 18.9 Å². The normalized spacial score (nSPS) is 23.4. The standard InChI is InChI=1S/C17H28O7/c1-4-7-14(18)22-12-10-21-11-13(23-15(19)8-5-2)17(12)24-16(20)9-6-3/h12-13,17H,4-11H2,1-3H3. The van der Waals surface area contributed by atoms with Crippen LogP contribution in [0, 0.1) is 0 Å². The van der Waals surface area contributed by atoms with Crippen LogP contribution in [0.2, 0.25) is 0 Å². The van der Waals surface area contributed by atoms with Gasteiger partial charge in [0.2, 0.25) is 0 Å². The zero-order valence-electron chi connectivity index (χ0n) is 14.7. The molecule has 7 nitrogen and oxygen atoms in total. The molecule has 138 valence electrons. The lowest BCUT2D eigenvalue weighted by Gasteiger charge is -2.36. The van der Waals surface area contributed by atoms with Crippen LogP contribution in [0.15, 0.2) is 0 Å². The average molecular weight is 344 g/mol. The molecule has 0 radical (unpaired) electrons. The predicted molar refractivity (Wildman–Crippen MR) is 85.2 cm³/mol. The van der Waals surface area contributed by atoms with Crippen molar-refractivity contribution in [3.8, 4) is 0 Å². The number of carbonyl (C=O) groups is 3. The van der Waals surface area contributed by atoms with Gasteiger partial charge in [-0.1, -0.05) is 20.8 Å². The zero-order valence-corrected chi connectivity index (χ0v) is 14.7. The largest absolute Gasteiger partial charge is 0.456 e. The van der Waals surface area contributed by atoms with Crippen molar-refractivity contribution in [2.24, 2.45) is 0 Å². The molecule has 0 spiro atoms. The van der Waals surface area contributed by atoms with Crippen molar-refractivity contribution in [1.82, 2.24) is 0 Å². The van der Waals surface area contributed by atoms with E-state index in [9.17, 15) is 14.4 Å². The van der Waals surface area contributed by atoms with Gasteiger partial charge in [0.05, 0.1) is 13.2 Å². The summed E-state index contributed by atoms with van der Waals surface area (Å²) in [4.78, 5) is 35.4. The van der Waals surface area contributed by atoms with Gasteiger partial charge in [0.25, 0.3) is 0 Å². The molecule has 1 fully saturated rings. The van der Waals surface area contributed by atoms with Gasteiger partial charge in [-0.3, -0.25) is 14.4 Å². The van der Waals surface area contributed by atoms with Gasteiger partial charge in [-0.2, -0.15) is 0 Å². The molecule has 1 saturated heterocycles. The van der Waals surface area contributed by atoms with E-state index in [0.717, 1.165) is 0 Å². The van der Waals surface area contributed by atoms with Crippen LogP contribution in [-0.4, -0.2) is 49.4 Å². The maximum Gasteiger partial charge on any atom is 0.306 e. The first-order valence-corrected chi connectivity index (χ1v) is 8.67. The smallest absolute Gasteiger partial charge is 0.306 e. The third-order valence-corrected chi connectivity index (χ3v) is 3.49. The molecule has 0 bridgehead atoms. The summed E-state index contributed by atoms with van der Waals surface area (Å²) in [7, 11) is 0. The van der Waals surface area contributed by atoms with E-state index in [0.29, 0.717) is 19.3 Å². The molecule has 0 saturated carbocycles. The Morgan fingerprint density at radius 3 is 1.50 bits per heavy atom. The summed E-state index contributed by atoms with van der Waals surface area (Å²) < 4.78 is 21.5. The van der Waals surface area contributed by atoms with Crippen LogP contribution in [0.25, 0.3) is 0 Å². The van der Waals surface area contributed by atoms with E-state index >= 15 is 0 Å². The molecule has 0 amide bonds. The molecule has 1 rings (SSSR count). The van der Waals surface area contributed by atoms with Gasteiger partial charge in [0.1, 0.15) is 0 Å². The van der Waals surface area contributed by atoms with Crippen molar-refractivity contribution in [3.05, 3.63) is 0 Å². The molecule has 0 aromatic heterocycles. The topological polar surface area (TPSA) is 88.1 Å². The van der Waals surface area contributed by atoms with E-state index < -0.39 is 24.3 Å². The third-order valence-electron chi connectivity index (χ3n) is 3.49. The first-order chi connectivity index (χ1) is 11.5. The van der Waals surface area contributed by atoms with Crippen molar-refractivity contribution in [1.29, 1.82) is 0 Å². The van der Waals surface area contributed by atoms with Gasteiger partial charge in [-0.05, 0) is 19.3 Å². The average Bonchev–Trinajstić information content (AvgIpc) is 2.51. The van der Waals surface area contributed by atoms with Crippen LogP contribution in [0.1, 0.15) is 59.3 Å². The third kappa shape index (κ3) is 6.86. The molecular formula is C17H28O7. The van der Waals surface area contributed by atoms with Crippen molar-refractivity contribution >= 4 is 17.9 Å². The van der Waals surface area contributed by atoms with Crippen molar-refractivity contribution in [2.75, 3.05) is 13.2 Å². The Kier molecular flexibility index (Phi) is 9.37. The number of ether oxygens (including phenoxy) is 4. The summed E-state index contributed by atoms with van der Waals surface area (Å²) >= 11 is 0. The van der Waals surface area contributed by atoms with Crippen LogP contribution in [0.3, 0.4) is 0 Å². The van der Waals surface area contributed by atoms with Crippen LogP contribution in [-0.2, 0) is 33.3 Å². The second kappa shape index (κ2) is 11.0. The zero-order chi connectivity index (χ0) is 17.9. The Morgan fingerprint density at radius 1 is 0.750 bits per heavy atom. The Morgan fingerprint density at radius 2 is 1.12 bits per heavy atom. The first-order valence-electron chi connectivity index (χ1n) is 8.67. The van der Waals surface area contributed by atoms with E-state index in [1.807, 2.05) is 20.8 Å². The number of hydrogen-bond acceptors (Lipinski definition) is 7. The lowest BCUT2D eigenvalue weighted by molar-refractivity contribution is -0.211. The molecule has 7 heteroatoms. The minimum absolute atomic E-state index is 0.112. The molecule has 0 N–H and O–H groups in total. The Bertz CT molecular complexity index is 393. The SMILES string of the molecule is CCCC(=O)OC1COCC(OC(=O)CCC)C1OC(=O)CCC. The quantitative estimate of drug-likeness (QED) is 0.468. The predicted octanol–water partition coefficient (Wildman–Crippen LogP) is 2.15. The Hall–Kier alpha value is -1.63. The van der Waals surface area contributed by atoms with Crippen LogP contribution < -0.4 is 0 Å². The fourth-order valence-corrected chi connectivity index (χ4v) is 2.36. The van der Waals surface area contributed by atoms with Crippen LogP contribution >= 0.6 is 0 Å². The van der Waals surface area contributed by atoms with Crippen molar-refractivity contribution in [3.63, 3.8) is 0 Å². The van der Waals surface area contributed by atoms with Gasteiger partial charge in [-0.15, -0.1) is 0 Å². The van der Waals surface area contributed by atoms with Gasteiger partial charge >= 0.3 is 17.9 Å². The van der Waals surface area contributed by atoms with Crippen LogP contribution in [0.5, 0.6) is 0 Å². The minimum Gasteiger partial charge on any atom is -0.456 e. The lowest BCUT2D eigenvalue weighted by Crippen LogP contribution is -2.53. The van der Waals surface area contributed by atoms with Gasteiger partial charge in [0, 0.05) is 19.3 Å². The molecule has 2 unspecified atom stereocenters. The van der Waals surface area contributed by atoms with Crippen molar-refractivity contribution in [2.45, 2.75) is 77.6 Å². The molecule has 0 aromatic carbocycles. The second-order valence-electron chi connectivity index (χ2n) is 5.80. The molecule has 1 aliphatic heterocycles. The molecule has 2 atom stereocenters. The number of esters is 3. The number of hydrogen-bond donors (Lipinski definition) is 0. The number of rotatable bonds is 9. The fourth-order valence-electron chi connectivity index (χ4n) is 2.36. The molecule has 1 aliphatic rings. The molecular weight excluding hydrogens is 316 g/mol. The highest BCUT2D eigenvalue weighted by molar-refractivity contribution is 5.71. The minimum atomic E-state index is -0.834. The highest BCUT2D eigenvalue weighted by atomic mass is 16.6. The summed E-state index contributed by atoms with van der Waals surface area (Å²) in [6.45, 7) is 5.82. The maximum absolute atomic E-state index is 11.9. The second-order valence-corrected chi connectivity index (χ2v) is 5.80.